The van der Waals surface area contributed by atoms with Crippen LogP contribution in [0.4, 0.5) is 10.5 Å². The number of carbonyl (C=O) groups is 2. The Kier molecular flexibility index (Phi) is 8.95. The summed E-state index contributed by atoms with van der Waals surface area (Å²) in [6.07, 6.45) is -1.65. The fraction of sp³-hybridized carbons (Fsp3) is 0.364. The highest BCUT2D eigenvalue weighted by atomic mass is 35.5. The van der Waals surface area contributed by atoms with Gasteiger partial charge in [-0.3, -0.25) is 5.32 Å². The van der Waals surface area contributed by atoms with E-state index in [1.807, 2.05) is 6.92 Å². The van der Waals surface area contributed by atoms with E-state index in [1.165, 1.54) is 0 Å². The fourth-order valence-corrected chi connectivity index (χ4v) is 2.96. The van der Waals surface area contributed by atoms with Gasteiger partial charge < -0.3 is 19.3 Å². The van der Waals surface area contributed by atoms with E-state index >= 15 is 0 Å². The van der Waals surface area contributed by atoms with Crippen LogP contribution in [0.2, 0.25) is 5.02 Å². The molecule has 0 saturated heterocycles. The van der Waals surface area contributed by atoms with E-state index < -0.39 is 18.2 Å². The molecular weight excluding hydrogens is 410 g/mol. The number of benzene rings is 2. The molecule has 0 aromatic heterocycles. The molecule has 2 aromatic carbocycles. The van der Waals surface area contributed by atoms with E-state index in [-0.39, 0.29) is 19.1 Å². The lowest BCUT2D eigenvalue weighted by Gasteiger charge is -2.18. The zero-order chi connectivity index (χ0) is 22.1. The molecule has 0 bridgehead atoms. The van der Waals surface area contributed by atoms with Crippen LogP contribution in [-0.4, -0.2) is 36.0 Å². The summed E-state index contributed by atoms with van der Waals surface area (Å²) >= 11 is 5.91. The number of carboxylic acids is 1. The Labute approximate surface area is 180 Å². The summed E-state index contributed by atoms with van der Waals surface area (Å²) < 4.78 is 16.4. The van der Waals surface area contributed by atoms with Crippen LogP contribution in [0.25, 0.3) is 0 Å². The highest BCUT2D eigenvalue weighted by Gasteiger charge is 2.21. The second kappa shape index (κ2) is 11.4. The zero-order valence-corrected chi connectivity index (χ0v) is 17.9. The molecule has 0 radical (unpaired) electrons. The second-order valence-electron chi connectivity index (χ2n) is 6.80. The highest BCUT2D eigenvalue weighted by Crippen LogP contribution is 2.23. The lowest BCUT2D eigenvalue weighted by atomic mass is 10.0. The molecule has 7 nitrogen and oxygen atoms in total. The monoisotopic (exact) mass is 435 g/mol. The minimum Gasteiger partial charge on any atom is -0.493 e. The predicted molar refractivity (Wildman–Crippen MR) is 114 cm³/mol. The van der Waals surface area contributed by atoms with Crippen LogP contribution in [0.3, 0.4) is 0 Å². The number of amides is 1. The number of carboxylic acid groups (broad SMARTS) is 1. The van der Waals surface area contributed by atoms with E-state index in [1.54, 1.807) is 56.3 Å². The molecule has 0 aliphatic heterocycles. The Morgan fingerprint density at radius 2 is 1.93 bits per heavy atom. The molecule has 1 atom stereocenters. The summed E-state index contributed by atoms with van der Waals surface area (Å²) in [4.78, 5) is 23.6. The topological polar surface area (TPSA) is 94.1 Å². The first-order chi connectivity index (χ1) is 14.3. The van der Waals surface area contributed by atoms with Crippen molar-refractivity contribution in [2.24, 2.45) is 0 Å². The first kappa shape index (κ1) is 23.5. The van der Waals surface area contributed by atoms with Crippen molar-refractivity contribution < 1.29 is 28.9 Å². The van der Waals surface area contributed by atoms with Crippen LogP contribution >= 0.6 is 11.6 Å². The van der Waals surface area contributed by atoms with E-state index in [2.05, 4.69) is 5.32 Å². The molecule has 0 aliphatic rings. The number of carbonyl (C=O) groups excluding carboxylic acids is 1. The molecule has 2 rings (SSSR count). The third-order valence-corrected chi connectivity index (χ3v) is 4.22. The molecule has 0 fully saturated rings. The molecule has 1 amide bonds. The van der Waals surface area contributed by atoms with Crippen molar-refractivity contribution in [1.29, 1.82) is 0 Å². The number of hydrogen-bond donors (Lipinski definition) is 2. The standard InChI is InChI=1S/C22H26ClNO6/c1-4-28-19-9-8-15(11-20(21(25)26)30-14(2)3)10-16(19)13-29-22(27)24-18-7-5-6-17(23)12-18/h5-10,12,14,20H,4,11,13H2,1-3H3,(H,24,27)(H,25,26). The molecule has 8 heteroatoms. The Morgan fingerprint density at radius 1 is 1.17 bits per heavy atom. The third-order valence-electron chi connectivity index (χ3n) is 3.99. The van der Waals surface area contributed by atoms with Crippen LogP contribution < -0.4 is 10.1 Å². The predicted octanol–water partition coefficient (Wildman–Crippen LogP) is 4.91. The van der Waals surface area contributed by atoms with Crippen molar-refractivity contribution in [1.82, 2.24) is 0 Å². The fourth-order valence-electron chi connectivity index (χ4n) is 2.77. The van der Waals surface area contributed by atoms with Gasteiger partial charge in [-0.15, -0.1) is 0 Å². The number of nitrogens with one attached hydrogen (secondary N) is 1. The molecule has 162 valence electrons. The van der Waals surface area contributed by atoms with Gasteiger partial charge in [0.25, 0.3) is 0 Å². The maximum absolute atomic E-state index is 12.1. The first-order valence-corrected chi connectivity index (χ1v) is 9.98. The first-order valence-electron chi connectivity index (χ1n) is 9.60. The maximum atomic E-state index is 12.1. The van der Waals surface area contributed by atoms with Gasteiger partial charge in [-0.2, -0.15) is 0 Å². The average molecular weight is 436 g/mol. The van der Waals surface area contributed by atoms with Gasteiger partial charge in [0.05, 0.1) is 12.7 Å². The minimum atomic E-state index is -1.03. The van der Waals surface area contributed by atoms with Gasteiger partial charge in [-0.05, 0) is 56.7 Å². The Hall–Kier alpha value is -2.77. The largest absolute Gasteiger partial charge is 0.493 e. The van der Waals surface area contributed by atoms with Crippen molar-refractivity contribution in [2.45, 2.75) is 46.0 Å². The van der Waals surface area contributed by atoms with E-state index in [0.29, 0.717) is 28.6 Å². The number of anilines is 1. The van der Waals surface area contributed by atoms with Gasteiger partial charge in [-0.1, -0.05) is 23.7 Å². The maximum Gasteiger partial charge on any atom is 0.411 e. The lowest BCUT2D eigenvalue weighted by molar-refractivity contribution is -0.153. The van der Waals surface area contributed by atoms with Gasteiger partial charge >= 0.3 is 12.1 Å². The van der Waals surface area contributed by atoms with Gasteiger partial charge in [0.15, 0.2) is 6.10 Å². The Morgan fingerprint density at radius 3 is 2.57 bits per heavy atom. The van der Waals surface area contributed by atoms with E-state index in [9.17, 15) is 14.7 Å². The number of hydrogen-bond acceptors (Lipinski definition) is 5. The summed E-state index contributed by atoms with van der Waals surface area (Å²) in [5, 5.41) is 12.5. The summed E-state index contributed by atoms with van der Waals surface area (Å²) in [6.45, 7) is 5.81. The van der Waals surface area contributed by atoms with E-state index in [0.717, 1.165) is 5.56 Å². The van der Waals surface area contributed by atoms with Crippen LogP contribution in [0.15, 0.2) is 42.5 Å². The molecule has 0 saturated carbocycles. The van der Waals surface area contributed by atoms with Gasteiger partial charge in [0.1, 0.15) is 12.4 Å². The van der Waals surface area contributed by atoms with Gasteiger partial charge in [-0.25, -0.2) is 9.59 Å². The molecule has 30 heavy (non-hydrogen) atoms. The molecular formula is C22H26ClNO6. The summed E-state index contributed by atoms with van der Waals surface area (Å²) in [7, 11) is 0. The number of aliphatic carboxylic acids is 1. The summed E-state index contributed by atoms with van der Waals surface area (Å²) in [5.74, 6) is -0.468. The van der Waals surface area contributed by atoms with Crippen LogP contribution in [-0.2, 0) is 27.3 Å². The third kappa shape index (κ3) is 7.57. The van der Waals surface area contributed by atoms with Crippen LogP contribution in [0.5, 0.6) is 5.75 Å². The summed E-state index contributed by atoms with van der Waals surface area (Å²) in [6, 6.07) is 12.0. The SMILES string of the molecule is CCOc1ccc(CC(OC(C)C)C(=O)O)cc1COC(=O)Nc1cccc(Cl)c1. The van der Waals surface area contributed by atoms with Crippen molar-refractivity contribution in [3.05, 3.63) is 58.6 Å². The molecule has 0 aliphatic carbocycles. The normalized spacial score (nSPS) is 11.8. The summed E-state index contributed by atoms with van der Waals surface area (Å²) in [5.41, 5.74) is 1.88. The Balaban J connectivity index is 2.09. The number of halogens is 1. The minimum absolute atomic E-state index is 0.0433. The van der Waals surface area contributed by atoms with Gasteiger partial charge in [0, 0.05) is 22.7 Å². The average Bonchev–Trinajstić information content (AvgIpc) is 2.67. The van der Waals surface area contributed by atoms with Crippen molar-refractivity contribution in [2.75, 3.05) is 11.9 Å². The van der Waals surface area contributed by atoms with Crippen LogP contribution in [0, 0.1) is 0 Å². The molecule has 0 spiro atoms. The van der Waals surface area contributed by atoms with Crippen molar-refractivity contribution in [3.8, 4) is 5.75 Å². The smallest absolute Gasteiger partial charge is 0.411 e. The van der Waals surface area contributed by atoms with Gasteiger partial charge in [0.2, 0.25) is 0 Å². The number of rotatable bonds is 10. The van der Waals surface area contributed by atoms with E-state index in [4.69, 9.17) is 25.8 Å². The molecule has 0 heterocycles. The molecule has 2 N–H and O–H groups in total. The highest BCUT2D eigenvalue weighted by molar-refractivity contribution is 6.30. The van der Waals surface area contributed by atoms with Crippen molar-refractivity contribution in [3.63, 3.8) is 0 Å². The zero-order valence-electron chi connectivity index (χ0n) is 17.2. The second-order valence-corrected chi connectivity index (χ2v) is 7.24. The Bertz CT molecular complexity index is 870. The number of ether oxygens (including phenoxy) is 3. The van der Waals surface area contributed by atoms with Crippen molar-refractivity contribution >= 4 is 29.4 Å². The lowest BCUT2D eigenvalue weighted by Crippen LogP contribution is -2.29. The molecule has 2 aromatic rings. The van der Waals surface area contributed by atoms with Crippen LogP contribution in [0.1, 0.15) is 31.9 Å². The molecule has 1 unspecified atom stereocenters. The quantitative estimate of drug-likeness (QED) is 0.550.